The van der Waals surface area contributed by atoms with E-state index in [9.17, 15) is 18.0 Å². The molecule has 1 amide bonds. The van der Waals surface area contributed by atoms with Gasteiger partial charge in [-0.3, -0.25) is 4.79 Å². The molecule has 4 rings (SSSR count). The SMILES string of the molecule is COC(=O)c1c(NC(=O)C2CCCCN2S(=O)(=O)c2cccs2)sc2c1CCCCC2. The van der Waals surface area contributed by atoms with E-state index in [0.717, 1.165) is 66.7 Å². The number of thiophene rings is 2. The molecule has 1 aliphatic heterocycles. The van der Waals surface area contributed by atoms with Gasteiger partial charge < -0.3 is 10.1 Å². The van der Waals surface area contributed by atoms with Gasteiger partial charge in [-0.15, -0.1) is 22.7 Å². The van der Waals surface area contributed by atoms with Crippen molar-refractivity contribution in [3.63, 3.8) is 0 Å². The number of aryl methyl sites for hydroxylation is 1. The van der Waals surface area contributed by atoms with Crippen molar-refractivity contribution in [2.45, 2.75) is 61.6 Å². The normalized spacial score (nSPS) is 20.0. The number of rotatable bonds is 5. The minimum Gasteiger partial charge on any atom is -0.465 e. The summed E-state index contributed by atoms with van der Waals surface area (Å²) in [5.74, 6) is -0.845. The first kappa shape index (κ1) is 22.4. The lowest BCUT2D eigenvalue weighted by atomic mass is 10.0. The molecule has 1 aliphatic carbocycles. The predicted octanol–water partition coefficient (Wildman–Crippen LogP) is 4.05. The third-order valence-corrected chi connectivity index (χ3v) is 10.4. The van der Waals surface area contributed by atoms with Gasteiger partial charge >= 0.3 is 5.97 Å². The predicted molar refractivity (Wildman–Crippen MR) is 121 cm³/mol. The molecule has 0 spiro atoms. The van der Waals surface area contributed by atoms with Gasteiger partial charge in [0.2, 0.25) is 5.91 Å². The van der Waals surface area contributed by atoms with E-state index < -0.39 is 22.0 Å². The molecule has 1 unspecified atom stereocenters. The maximum absolute atomic E-state index is 13.3. The van der Waals surface area contributed by atoms with Gasteiger partial charge in [0.15, 0.2) is 0 Å². The van der Waals surface area contributed by atoms with Crippen LogP contribution < -0.4 is 5.32 Å². The number of amides is 1. The molecular weight excluding hydrogens is 456 g/mol. The molecule has 0 bridgehead atoms. The quantitative estimate of drug-likeness (QED) is 0.513. The van der Waals surface area contributed by atoms with Crippen LogP contribution in [0.15, 0.2) is 21.7 Å². The van der Waals surface area contributed by atoms with Crippen molar-refractivity contribution < 1.29 is 22.7 Å². The summed E-state index contributed by atoms with van der Waals surface area (Å²) in [6, 6.07) is 2.46. The fourth-order valence-electron chi connectivity index (χ4n) is 4.32. The largest absolute Gasteiger partial charge is 0.465 e. The Morgan fingerprint density at radius 1 is 1.16 bits per heavy atom. The number of carbonyl (C=O) groups is 2. The average molecular weight is 483 g/mol. The number of anilines is 1. The Balaban J connectivity index is 1.63. The Hall–Kier alpha value is -1.75. The molecule has 31 heavy (non-hydrogen) atoms. The number of esters is 1. The number of sulfonamides is 1. The van der Waals surface area contributed by atoms with Crippen LogP contribution in [0.25, 0.3) is 0 Å². The fraction of sp³-hybridized carbons (Fsp3) is 0.524. The van der Waals surface area contributed by atoms with Crippen LogP contribution in [0.4, 0.5) is 5.00 Å². The fourth-order valence-corrected chi connectivity index (χ4v) is 8.38. The molecule has 2 aromatic heterocycles. The second-order valence-electron chi connectivity index (χ2n) is 7.81. The van der Waals surface area contributed by atoms with E-state index in [1.807, 2.05) is 0 Å². The van der Waals surface area contributed by atoms with Crippen molar-refractivity contribution in [1.82, 2.24) is 4.31 Å². The van der Waals surface area contributed by atoms with Crippen molar-refractivity contribution >= 4 is 49.6 Å². The van der Waals surface area contributed by atoms with Crippen molar-refractivity contribution in [3.05, 3.63) is 33.5 Å². The maximum Gasteiger partial charge on any atom is 0.341 e. The van der Waals surface area contributed by atoms with Crippen LogP contribution in [-0.2, 0) is 32.4 Å². The standard InChI is InChI=1S/C21H26N2O5S3/c1-28-21(25)18-14-8-3-2-4-10-16(14)30-20(18)22-19(24)15-9-5-6-12-23(15)31(26,27)17-11-7-13-29-17/h7,11,13,15H,2-6,8-10,12H2,1H3,(H,22,24). The van der Waals surface area contributed by atoms with Crippen LogP contribution >= 0.6 is 22.7 Å². The highest BCUT2D eigenvalue weighted by molar-refractivity contribution is 7.91. The highest BCUT2D eigenvalue weighted by atomic mass is 32.2. The molecule has 168 valence electrons. The Morgan fingerprint density at radius 3 is 2.71 bits per heavy atom. The third-order valence-electron chi connectivity index (χ3n) is 5.86. The molecule has 10 heteroatoms. The van der Waals surface area contributed by atoms with Crippen LogP contribution in [0.2, 0.25) is 0 Å². The molecule has 3 heterocycles. The molecule has 1 saturated heterocycles. The lowest BCUT2D eigenvalue weighted by molar-refractivity contribution is -0.120. The van der Waals surface area contributed by atoms with Gasteiger partial charge in [0.25, 0.3) is 10.0 Å². The zero-order valence-corrected chi connectivity index (χ0v) is 19.8. The smallest absolute Gasteiger partial charge is 0.341 e. The van der Waals surface area contributed by atoms with E-state index in [2.05, 4.69) is 5.32 Å². The molecule has 0 radical (unpaired) electrons. The molecule has 1 atom stereocenters. The van der Waals surface area contributed by atoms with Crippen molar-refractivity contribution in [3.8, 4) is 0 Å². The number of piperidine rings is 1. The molecule has 1 fully saturated rings. The summed E-state index contributed by atoms with van der Waals surface area (Å²) < 4.78 is 32.8. The van der Waals surface area contributed by atoms with E-state index >= 15 is 0 Å². The molecular formula is C21H26N2O5S3. The molecule has 0 aromatic carbocycles. The number of hydrogen-bond acceptors (Lipinski definition) is 7. The van der Waals surface area contributed by atoms with E-state index in [-0.39, 0.29) is 10.1 Å². The van der Waals surface area contributed by atoms with Gasteiger partial charge in [0.05, 0.1) is 12.7 Å². The Labute approximate surface area is 190 Å². The number of nitrogens with one attached hydrogen (secondary N) is 1. The Morgan fingerprint density at radius 2 is 1.97 bits per heavy atom. The highest BCUT2D eigenvalue weighted by Crippen LogP contribution is 2.38. The van der Waals surface area contributed by atoms with Gasteiger partial charge in [-0.2, -0.15) is 4.31 Å². The average Bonchev–Trinajstić information content (AvgIpc) is 3.37. The second kappa shape index (κ2) is 9.40. The second-order valence-corrected chi connectivity index (χ2v) is 12.0. The summed E-state index contributed by atoms with van der Waals surface area (Å²) in [5, 5.41) is 5.09. The first-order valence-corrected chi connectivity index (χ1v) is 13.7. The zero-order valence-electron chi connectivity index (χ0n) is 17.4. The van der Waals surface area contributed by atoms with Crippen LogP contribution in [0.5, 0.6) is 0 Å². The number of hydrogen-bond donors (Lipinski definition) is 1. The van der Waals surface area contributed by atoms with Crippen molar-refractivity contribution in [2.75, 3.05) is 19.0 Å². The summed E-state index contributed by atoms with van der Waals surface area (Å²) in [4.78, 5) is 26.9. The number of ether oxygens (including phenoxy) is 1. The number of fused-ring (bicyclic) bond motifs is 1. The van der Waals surface area contributed by atoms with E-state index in [4.69, 9.17) is 4.74 Å². The lowest BCUT2D eigenvalue weighted by Crippen LogP contribution is -2.49. The summed E-state index contributed by atoms with van der Waals surface area (Å²) in [6.45, 7) is 0.309. The van der Waals surface area contributed by atoms with Crippen molar-refractivity contribution in [2.24, 2.45) is 0 Å². The first-order chi connectivity index (χ1) is 14.9. The minimum atomic E-state index is -3.74. The minimum absolute atomic E-state index is 0.241. The highest BCUT2D eigenvalue weighted by Gasteiger charge is 2.39. The number of nitrogens with zero attached hydrogens (tertiary/aromatic N) is 1. The van der Waals surface area contributed by atoms with Gasteiger partial charge in [-0.05, 0) is 55.5 Å². The Kier molecular flexibility index (Phi) is 6.80. The van der Waals surface area contributed by atoms with Gasteiger partial charge in [0.1, 0.15) is 15.3 Å². The zero-order chi connectivity index (χ0) is 22.0. The van der Waals surface area contributed by atoms with Gasteiger partial charge in [-0.25, -0.2) is 13.2 Å². The van der Waals surface area contributed by atoms with Crippen LogP contribution in [0.1, 0.15) is 59.3 Å². The summed E-state index contributed by atoms with van der Waals surface area (Å²) >= 11 is 2.57. The van der Waals surface area contributed by atoms with Gasteiger partial charge in [-0.1, -0.05) is 18.9 Å². The molecule has 1 N–H and O–H groups in total. The van der Waals surface area contributed by atoms with E-state index in [1.54, 1.807) is 17.5 Å². The number of methoxy groups -OCH3 is 1. The van der Waals surface area contributed by atoms with Crippen LogP contribution in [0.3, 0.4) is 0 Å². The van der Waals surface area contributed by atoms with Crippen molar-refractivity contribution in [1.29, 1.82) is 0 Å². The topological polar surface area (TPSA) is 92.8 Å². The third kappa shape index (κ3) is 4.44. The molecule has 0 saturated carbocycles. The maximum atomic E-state index is 13.3. The lowest BCUT2D eigenvalue weighted by Gasteiger charge is -2.33. The molecule has 2 aliphatic rings. The monoisotopic (exact) mass is 482 g/mol. The van der Waals surface area contributed by atoms with E-state index in [1.165, 1.54) is 22.8 Å². The van der Waals surface area contributed by atoms with E-state index in [0.29, 0.717) is 23.5 Å². The molecule has 2 aromatic rings. The van der Waals surface area contributed by atoms with Gasteiger partial charge in [0, 0.05) is 11.4 Å². The first-order valence-electron chi connectivity index (χ1n) is 10.5. The summed E-state index contributed by atoms with van der Waals surface area (Å²) in [5.41, 5.74) is 1.40. The summed E-state index contributed by atoms with van der Waals surface area (Å²) in [6.07, 6.45) is 6.77. The number of carbonyl (C=O) groups excluding carboxylic acids is 2. The Bertz CT molecular complexity index is 1060. The molecule has 7 nitrogen and oxygen atoms in total. The van der Waals surface area contributed by atoms with Crippen LogP contribution in [-0.4, -0.2) is 44.3 Å². The summed E-state index contributed by atoms with van der Waals surface area (Å²) in [7, 11) is -2.40. The van der Waals surface area contributed by atoms with Crippen LogP contribution in [0, 0.1) is 0 Å².